The summed E-state index contributed by atoms with van der Waals surface area (Å²) in [5.74, 6) is 0.477. The van der Waals surface area contributed by atoms with Crippen LogP contribution in [0.4, 0.5) is 5.95 Å². The van der Waals surface area contributed by atoms with Gasteiger partial charge in [0.05, 0.1) is 5.60 Å². The number of aliphatic hydroxyl groups is 1. The van der Waals surface area contributed by atoms with E-state index in [9.17, 15) is 13.5 Å². The highest BCUT2D eigenvalue weighted by Gasteiger charge is 2.47. The van der Waals surface area contributed by atoms with Gasteiger partial charge in [-0.25, -0.2) is 9.97 Å². The first kappa shape index (κ1) is 16.6. The number of anilines is 1. The lowest BCUT2D eigenvalue weighted by Crippen LogP contribution is -2.61. The van der Waals surface area contributed by atoms with Crippen molar-refractivity contribution >= 4 is 16.2 Å². The fraction of sp³-hybridized carbons (Fsp3) is 0.714. The summed E-state index contributed by atoms with van der Waals surface area (Å²) in [5.41, 5.74) is -0.802. The molecular weight excluding hydrogens is 318 g/mol. The Morgan fingerprint density at radius 2 is 1.87 bits per heavy atom. The second-order valence-electron chi connectivity index (χ2n) is 6.44. The lowest BCUT2D eigenvalue weighted by molar-refractivity contribution is -0.0696. The average Bonchev–Trinajstić information content (AvgIpc) is 2.54. The van der Waals surface area contributed by atoms with Crippen LogP contribution in [0.3, 0.4) is 0 Å². The van der Waals surface area contributed by atoms with Crippen LogP contribution in [0.5, 0.6) is 0 Å². The summed E-state index contributed by atoms with van der Waals surface area (Å²) in [4.78, 5) is 10.5. The van der Waals surface area contributed by atoms with Gasteiger partial charge in [-0.3, -0.25) is 0 Å². The van der Waals surface area contributed by atoms with Crippen LogP contribution >= 0.6 is 0 Å². The van der Waals surface area contributed by atoms with E-state index in [1.165, 1.54) is 22.7 Å². The first-order valence-corrected chi connectivity index (χ1v) is 9.14. The molecule has 2 aliphatic rings. The van der Waals surface area contributed by atoms with Gasteiger partial charge in [-0.2, -0.15) is 17.0 Å². The third-order valence-corrected chi connectivity index (χ3v) is 6.76. The van der Waals surface area contributed by atoms with E-state index in [4.69, 9.17) is 0 Å². The minimum absolute atomic E-state index is 0.150. The Morgan fingerprint density at radius 3 is 2.52 bits per heavy atom. The fourth-order valence-electron chi connectivity index (χ4n) is 3.35. The molecule has 3 rings (SSSR count). The zero-order valence-corrected chi connectivity index (χ0v) is 14.3. The van der Waals surface area contributed by atoms with Gasteiger partial charge >= 0.3 is 0 Å². The maximum absolute atomic E-state index is 12.3. The molecule has 0 unspecified atom stereocenters. The highest BCUT2D eigenvalue weighted by Crippen LogP contribution is 2.37. The number of piperidine rings is 2. The normalized spacial score (nSPS) is 29.6. The van der Waals surface area contributed by atoms with Crippen molar-refractivity contribution in [2.45, 2.75) is 18.4 Å². The Kier molecular flexibility index (Phi) is 4.30. The van der Waals surface area contributed by atoms with Crippen LogP contribution in [-0.2, 0) is 10.2 Å². The molecule has 9 heteroatoms. The molecule has 0 amide bonds. The number of hydrogen-bond acceptors (Lipinski definition) is 6. The quantitative estimate of drug-likeness (QED) is 0.801. The summed E-state index contributed by atoms with van der Waals surface area (Å²) in [6.45, 7) is 1.91. The second kappa shape index (κ2) is 5.97. The lowest BCUT2D eigenvalue weighted by atomic mass is 9.76. The average molecular weight is 341 g/mol. The van der Waals surface area contributed by atoms with Crippen LogP contribution in [0.2, 0.25) is 0 Å². The fourth-order valence-corrected chi connectivity index (χ4v) is 4.50. The minimum Gasteiger partial charge on any atom is -0.389 e. The molecule has 0 bridgehead atoms. The molecular formula is C14H23N5O3S. The van der Waals surface area contributed by atoms with Gasteiger partial charge in [0, 0.05) is 58.6 Å². The van der Waals surface area contributed by atoms with Crippen LogP contribution in [0.15, 0.2) is 18.5 Å². The van der Waals surface area contributed by atoms with E-state index in [0.29, 0.717) is 45.0 Å². The maximum Gasteiger partial charge on any atom is 0.281 e. The Balaban J connectivity index is 1.78. The van der Waals surface area contributed by atoms with Gasteiger partial charge in [0.15, 0.2) is 0 Å². The van der Waals surface area contributed by atoms with E-state index in [1.807, 2.05) is 4.90 Å². The summed E-state index contributed by atoms with van der Waals surface area (Å²) >= 11 is 0. The standard InChI is InChI=1S/C14H23N5O3S/c1-17(2)23(21,22)19-9-5-14(20)4-8-18(10-12(14)11-19)13-15-6-3-7-16-13/h3,6-7,12,20H,4-5,8-11H2,1-2H3/t12-,14-/m0/s1. The predicted octanol–water partition coefficient (Wildman–Crippen LogP) is -0.454. The molecule has 3 heterocycles. The zero-order chi connectivity index (χ0) is 16.7. The van der Waals surface area contributed by atoms with Gasteiger partial charge in [-0.15, -0.1) is 0 Å². The van der Waals surface area contributed by atoms with Crippen LogP contribution < -0.4 is 4.90 Å². The van der Waals surface area contributed by atoms with Crippen molar-refractivity contribution in [1.82, 2.24) is 18.6 Å². The highest BCUT2D eigenvalue weighted by molar-refractivity contribution is 7.86. The van der Waals surface area contributed by atoms with Crippen LogP contribution in [-0.4, -0.2) is 78.0 Å². The van der Waals surface area contributed by atoms with E-state index in [2.05, 4.69) is 9.97 Å². The molecule has 0 aliphatic carbocycles. The lowest BCUT2D eigenvalue weighted by Gasteiger charge is -2.49. The van der Waals surface area contributed by atoms with E-state index in [1.54, 1.807) is 18.5 Å². The molecule has 2 fully saturated rings. The third kappa shape index (κ3) is 3.06. The Hall–Kier alpha value is -1.29. The van der Waals surface area contributed by atoms with Gasteiger partial charge < -0.3 is 10.0 Å². The smallest absolute Gasteiger partial charge is 0.281 e. The van der Waals surface area contributed by atoms with Crippen LogP contribution in [0.25, 0.3) is 0 Å². The van der Waals surface area contributed by atoms with E-state index in [-0.39, 0.29) is 5.92 Å². The Morgan fingerprint density at radius 1 is 1.22 bits per heavy atom. The molecule has 1 N–H and O–H groups in total. The van der Waals surface area contributed by atoms with E-state index >= 15 is 0 Å². The van der Waals surface area contributed by atoms with Crippen molar-refractivity contribution in [3.05, 3.63) is 18.5 Å². The van der Waals surface area contributed by atoms with Crippen LogP contribution in [0, 0.1) is 5.92 Å². The summed E-state index contributed by atoms with van der Waals surface area (Å²) in [5, 5.41) is 10.9. The van der Waals surface area contributed by atoms with Crippen molar-refractivity contribution in [3.8, 4) is 0 Å². The molecule has 1 aromatic rings. The van der Waals surface area contributed by atoms with Crippen molar-refractivity contribution < 1.29 is 13.5 Å². The highest BCUT2D eigenvalue weighted by atomic mass is 32.2. The van der Waals surface area contributed by atoms with Crippen molar-refractivity contribution in [3.63, 3.8) is 0 Å². The maximum atomic E-state index is 12.3. The van der Waals surface area contributed by atoms with Gasteiger partial charge in [0.25, 0.3) is 10.2 Å². The largest absolute Gasteiger partial charge is 0.389 e. The van der Waals surface area contributed by atoms with Crippen LogP contribution in [0.1, 0.15) is 12.8 Å². The van der Waals surface area contributed by atoms with Crippen molar-refractivity contribution in [2.75, 3.05) is 45.2 Å². The molecule has 0 saturated carbocycles. The predicted molar refractivity (Wildman–Crippen MR) is 86.1 cm³/mol. The molecule has 0 spiro atoms. The van der Waals surface area contributed by atoms with Gasteiger partial charge in [0.1, 0.15) is 0 Å². The first-order valence-electron chi connectivity index (χ1n) is 7.75. The second-order valence-corrected chi connectivity index (χ2v) is 8.59. The molecule has 8 nitrogen and oxygen atoms in total. The molecule has 2 atom stereocenters. The molecule has 0 radical (unpaired) electrons. The number of fused-ring (bicyclic) bond motifs is 1. The first-order chi connectivity index (χ1) is 10.8. The summed E-state index contributed by atoms with van der Waals surface area (Å²) in [7, 11) is -0.396. The molecule has 2 aliphatic heterocycles. The van der Waals surface area contributed by atoms with Crippen molar-refractivity contribution in [2.24, 2.45) is 5.92 Å². The van der Waals surface area contributed by atoms with Gasteiger partial charge in [-0.05, 0) is 18.9 Å². The number of aromatic nitrogens is 2. The molecule has 1 aromatic heterocycles. The van der Waals surface area contributed by atoms with Gasteiger partial charge in [0.2, 0.25) is 5.95 Å². The molecule has 0 aromatic carbocycles. The number of hydrogen-bond donors (Lipinski definition) is 1. The zero-order valence-electron chi connectivity index (χ0n) is 13.5. The Labute approximate surface area is 136 Å². The van der Waals surface area contributed by atoms with E-state index in [0.717, 1.165) is 0 Å². The summed E-state index contributed by atoms with van der Waals surface area (Å²) in [6.07, 6.45) is 4.44. The molecule has 2 saturated heterocycles. The topological polar surface area (TPSA) is 89.9 Å². The Bertz CT molecular complexity index is 654. The SMILES string of the molecule is CN(C)S(=O)(=O)N1CC[C@@]2(O)CCN(c3ncccn3)C[C@H]2C1. The number of rotatable bonds is 3. The number of nitrogens with zero attached hydrogens (tertiary/aromatic N) is 5. The minimum atomic E-state index is -3.45. The summed E-state index contributed by atoms with van der Waals surface area (Å²) in [6, 6.07) is 1.76. The molecule has 23 heavy (non-hydrogen) atoms. The third-order valence-electron chi connectivity index (χ3n) is 4.86. The van der Waals surface area contributed by atoms with E-state index < -0.39 is 15.8 Å². The monoisotopic (exact) mass is 341 g/mol. The van der Waals surface area contributed by atoms with Crippen molar-refractivity contribution in [1.29, 1.82) is 0 Å². The van der Waals surface area contributed by atoms with Gasteiger partial charge in [-0.1, -0.05) is 0 Å². The molecule has 128 valence electrons. The summed E-state index contributed by atoms with van der Waals surface area (Å²) < 4.78 is 27.4.